The van der Waals surface area contributed by atoms with E-state index in [0.717, 1.165) is 35.8 Å². The van der Waals surface area contributed by atoms with E-state index in [9.17, 15) is 0 Å². The maximum Gasteiger partial charge on any atom is 0.0850 e. The molecule has 0 bridgehead atoms. The van der Waals surface area contributed by atoms with Crippen molar-refractivity contribution in [1.29, 1.82) is 0 Å². The van der Waals surface area contributed by atoms with Crippen LogP contribution in [-0.2, 0) is 19.4 Å². The highest BCUT2D eigenvalue weighted by Gasteiger charge is 2.30. The van der Waals surface area contributed by atoms with Gasteiger partial charge in [0.05, 0.1) is 16.4 Å². The first kappa shape index (κ1) is 11.9. The fourth-order valence-electron chi connectivity index (χ4n) is 2.13. The van der Waals surface area contributed by atoms with Crippen LogP contribution in [0, 0.1) is 5.92 Å². The number of halogens is 1. The zero-order chi connectivity index (χ0) is 11.7. The number of nitrogens with two attached hydrogens (primary N) is 1. The second kappa shape index (κ2) is 4.76. The molecular formula is C12H20ClN3. The molecule has 2 rings (SSSR count). The van der Waals surface area contributed by atoms with Crippen LogP contribution >= 0.6 is 11.6 Å². The summed E-state index contributed by atoms with van der Waals surface area (Å²) < 4.78 is 2.00. The molecule has 1 atom stereocenters. The fourth-order valence-corrected chi connectivity index (χ4v) is 2.47. The molecule has 0 amide bonds. The van der Waals surface area contributed by atoms with Gasteiger partial charge in [-0.2, -0.15) is 5.10 Å². The molecule has 1 aliphatic rings. The van der Waals surface area contributed by atoms with Gasteiger partial charge in [0.25, 0.3) is 0 Å². The molecule has 1 heterocycles. The Labute approximate surface area is 102 Å². The maximum atomic E-state index is 6.34. The largest absolute Gasteiger partial charge is 0.327 e. The molecule has 3 nitrogen and oxygen atoms in total. The smallest absolute Gasteiger partial charge is 0.0850 e. The number of rotatable bonds is 5. The lowest BCUT2D eigenvalue weighted by Crippen LogP contribution is -2.26. The number of aryl methyl sites for hydroxylation is 2. The van der Waals surface area contributed by atoms with Crippen molar-refractivity contribution >= 4 is 11.6 Å². The van der Waals surface area contributed by atoms with E-state index in [4.69, 9.17) is 17.3 Å². The zero-order valence-electron chi connectivity index (χ0n) is 10.0. The maximum absolute atomic E-state index is 6.34. The molecule has 2 N–H and O–H groups in total. The monoisotopic (exact) mass is 241 g/mol. The molecule has 1 aromatic rings. The molecule has 0 spiro atoms. The minimum atomic E-state index is 0.254. The lowest BCUT2D eigenvalue weighted by molar-refractivity contribution is 0.541. The van der Waals surface area contributed by atoms with Crippen molar-refractivity contribution in [2.45, 2.75) is 52.1 Å². The van der Waals surface area contributed by atoms with E-state index >= 15 is 0 Å². The summed E-state index contributed by atoms with van der Waals surface area (Å²) in [7, 11) is 0. The van der Waals surface area contributed by atoms with Crippen LogP contribution < -0.4 is 5.73 Å². The third-order valence-corrected chi connectivity index (χ3v) is 3.79. The van der Waals surface area contributed by atoms with Crippen molar-refractivity contribution in [1.82, 2.24) is 9.78 Å². The molecular weight excluding hydrogens is 222 g/mol. The summed E-state index contributed by atoms with van der Waals surface area (Å²) in [5, 5.41) is 5.34. The van der Waals surface area contributed by atoms with Gasteiger partial charge >= 0.3 is 0 Å². The third-order valence-electron chi connectivity index (χ3n) is 3.35. The zero-order valence-corrected chi connectivity index (χ0v) is 10.8. The Morgan fingerprint density at radius 2 is 2.19 bits per heavy atom. The van der Waals surface area contributed by atoms with Gasteiger partial charge in [0.15, 0.2) is 0 Å². The van der Waals surface area contributed by atoms with Gasteiger partial charge in [0.1, 0.15) is 0 Å². The molecule has 1 aromatic heterocycles. The van der Waals surface area contributed by atoms with E-state index in [-0.39, 0.29) is 6.04 Å². The van der Waals surface area contributed by atoms with Gasteiger partial charge in [-0.05, 0) is 32.1 Å². The van der Waals surface area contributed by atoms with Crippen LogP contribution in [0.5, 0.6) is 0 Å². The van der Waals surface area contributed by atoms with Crippen LogP contribution in [0.25, 0.3) is 0 Å². The van der Waals surface area contributed by atoms with Gasteiger partial charge in [0, 0.05) is 19.0 Å². The Balaban J connectivity index is 2.19. The minimum Gasteiger partial charge on any atom is -0.327 e. The summed E-state index contributed by atoms with van der Waals surface area (Å²) in [6.07, 6.45) is 4.31. The van der Waals surface area contributed by atoms with Crippen molar-refractivity contribution in [3.8, 4) is 0 Å². The Hall–Kier alpha value is -0.540. The first-order valence-electron chi connectivity index (χ1n) is 6.17. The highest BCUT2D eigenvalue weighted by Crippen LogP contribution is 2.34. The van der Waals surface area contributed by atoms with Gasteiger partial charge in [-0.15, -0.1) is 0 Å². The van der Waals surface area contributed by atoms with Crippen LogP contribution in [-0.4, -0.2) is 15.8 Å². The molecule has 0 saturated heterocycles. The topological polar surface area (TPSA) is 43.8 Å². The lowest BCUT2D eigenvalue weighted by atomic mass is 10.1. The summed E-state index contributed by atoms with van der Waals surface area (Å²) in [6.45, 7) is 5.04. The average molecular weight is 242 g/mol. The Morgan fingerprint density at radius 1 is 1.50 bits per heavy atom. The van der Waals surface area contributed by atoms with Crippen molar-refractivity contribution in [2.75, 3.05) is 0 Å². The highest BCUT2D eigenvalue weighted by molar-refractivity contribution is 6.31. The SMILES string of the molecule is CCc1nn(CC)c(CC(N)C2CC2)c1Cl. The molecule has 4 heteroatoms. The lowest BCUT2D eigenvalue weighted by Gasteiger charge is -2.11. The van der Waals surface area contributed by atoms with Gasteiger partial charge in [-0.1, -0.05) is 18.5 Å². The highest BCUT2D eigenvalue weighted by atomic mass is 35.5. The number of hydrogen-bond acceptors (Lipinski definition) is 2. The van der Waals surface area contributed by atoms with Crippen LogP contribution in [0.1, 0.15) is 38.1 Å². The van der Waals surface area contributed by atoms with Crippen molar-refractivity contribution in [3.05, 3.63) is 16.4 Å². The van der Waals surface area contributed by atoms with Crippen LogP contribution in [0.4, 0.5) is 0 Å². The van der Waals surface area contributed by atoms with E-state index in [1.807, 2.05) is 4.68 Å². The summed E-state index contributed by atoms with van der Waals surface area (Å²) in [5.41, 5.74) is 8.28. The molecule has 16 heavy (non-hydrogen) atoms. The first-order valence-corrected chi connectivity index (χ1v) is 6.54. The summed E-state index contributed by atoms with van der Waals surface area (Å²) in [4.78, 5) is 0. The van der Waals surface area contributed by atoms with Gasteiger partial charge < -0.3 is 5.73 Å². The van der Waals surface area contributed by atoms with E-state index in [1.165, 1.54) is 12.8 Å². The minimum absolute atomic E-state index is 0.254. The second-order valence-corrected chi connectivity index (χ2v) is 4.96. The molecule has 1 fully saturated rings. The Morgan fingerprint density at radius 3 is 2.69 bits per heavy atom. The molecule has 1 aliphatic carbocycles. The molecule has 0 aromatic carbocycles. The van der Waals surface area contributed by atoms with Crippen LogP contribution in [0.2, 0.25) is 5.02 Å². The van der Waals surface area contributed by atoms with Crippen molar-refractivity contribution in [2.24, 2.45) is 11.7 Å². The van der Waals surface area contributed by atoms with E-state index in [0.29, 0.717) is 5.92 Å². The van der Waals surface area contributed by atoms with E-state index < -0.39 is 0 Å². The van der Waals surface area contributed by atoms with Crippen molar-refractivity contribution in [3.63, 3.8) is 0 Å². The first-order chi connectivity index (χ1) is 7.67. The molecule has 0 aliphatic heterocycles. The van der Waals surface area contributed by atoms with Crippen LogP contribution in [0.15, 0.2) is 0 Å². The predicted molar refractivity (Wildman–Crippen MR) is 66.7 cm³/mol. The number of nitrogens with zero attached hydrogens (tertiary/aromatic N) is 2. The third kappa shape index (κ3) is 2.25. The molecule has 1 unspecified atom stereocenters. The second-order valence-electron chi connectivity index (χ2n) is 4.58. The van der Waals surface area contributed by atoms with E-state index in [1.54, 1.807) is 0 Å². The normalized spacial score (nSPS) is 17.8. The Bertz CT molecular complexity index is 369. The van der Waals surface area contributed by atoms with Crippen molar-refractivity contribution < 1.29 is 0 Å². The van der Waals surface area contributed by atoms with Gasteiger partial charge in [-0.25, -0.2) is 0 Å². The molecule has 90 valence electrons. The molecule has 0 radical (unpaired) electrons. The quantitative estimate of drug-likeness (QED) is 0.861. The number of hydrogen-bond donors (Lipinski definition) is 1. The fraction of sp³-hybridized carbons (Fsp3) is 0.750. The Kier molecular flexibility index (Phi) is 3.55. The van der Waals surface area contributed by atoms with Gasteiger partial charge in [0.2, 0.25) is 0 Å². The predicted octanol–water partition coefficient (Wildman–Crippen LogP) is 2.40. The standard InChI is InChI=1S/C12H20ClN3/c1-3-10-12(13)11(16(4-2)15-10)7-9(14)8-5-6-8/h8-9H,3-7,14H2,1-2H3. The molecule has 1 saturated carbocycles. The van der Waals surface area contributed by atoms with Crippen LogP contribution in [0.3, 0.4) is 0 Å². The summed E-state index contributed by atoms with van der Waals surface area (Å²) in [6, 6.07) is 0.254. The van der Waals surface area contributed by atoms with E-state index in [2.05, 4.69) is 18.9 Å². The average Bonchev–Trinajstić information content (AvgIpc) is 3.07. The van der Waals surface area contributed by atoms with Gasteiger partial charge in [-0.3, -0.25) is 4.68 Å². The summed E-state index contributed by atoms with van der Waals surface area (Å²) in [5.74, 6) is 0.710. The number of aromatic nitrogens is 2. The summed E-state index contributed by atoms with van der Waals surface area (Å²) >= 11 is 6.34.